The molecule has 0 saturated carbocycles. The lowest BCUT2D eigenvalue weighted by Gasteiger charge is -2.26. The molecule has 10 heteroatoms. The lowest BCUT2D eigenvalue weighted by molar-refractivity contribution is -0.122. The fourth-order valence-electron chi connectivity index (χ4n) is 5.11. The molecule has 1 aliphatic carbocycles. The molecule has 2 N–H and O–H groups in total. The van der Waals surface area contributed by atoms with Crippen molar-refractivity contribution in [3.63, 3.8) is 0 Å². The molecule has 0 radical (unpaired) electrons. The Kier molecular flexibility index (Phi) is 5.48. The first-order valence-electron chi connectivity index (χ1n) is 10.9. The zero-order chi connectivity index (χ0) is 25.2. The molecule has 0 saturated heterocycles. The summed E-state index contributed by atoms with van der Waals surface area (Å²) in [6.45, 7) is 1.78. The number of nitrogens with two attached hydrogens (primary N) is 1. The predicted octanol–water partition coefficient (Wildman–Crippen LogP) is 4.25. The molecule has 2 aliphatic rings. The van der Waals surface area contributed by atoms with Crippen molar-refractivity contribution in [1.82, 2.24) is 0 Å². The quantitative estimate of drug-likeness (QED) is 0.428. The van der Waals surface area contributed by atoms with Crippen LogP contribution in [0.1, 0.15) is 23.6 Å². The van der Waals surface area contributed by atoms with E-state index in [2.05, 4.69) is 0 Å². The molecule has 0 spiro atoms. The van der Waals surface area contributed by atoms with E-state index in [1.807, 2.05) is 0 Å². The number of carbonyl (C=O) groups excluding carboxylic acids is 1. The Morgan fingerprint density at radius 3 is 2.29 bits per heavy atom. The third-order valence-corrected chi connectivity index (χ3v) is 7.64. The van der Waals surface area contributed by atoms with E-state index in [4.69, 9.17) is 5.14 Å². The van der Waals surface area contributed by atoms with E-state index in [1.165, 1.54) is 11.0 Å². The van der Waals surface area contributed by atoms with Crippen molar-refractivity contribution < 1.29 is 30.8 Å². The molecule has 0 bridgehead atoms. The fraction of sp³-hybridized carbons (Fsp3) is 0.240. The Bertz CT molecular complexity index is 1510. The van der Waals surface area contributed by atoms with Crippen molar-refractivity contribution in [3.05, 3.63) is 82.4 Å². The Morgan fingerprint density at radius 1 is 0.886 bits per heavy atom. The summed E-state index contributed by atoms with van der Waals surface area (Å²) in [5, 5.41) is 5.13. The van der Waals surface area contributed by atoms with Crippen molar-refractivity contribution >= 4 is 21.6 Å². The fourth-order valence-corrected chi connectivity index (χ4v) is 5.72. The molecule has 3 aromatic carbocycles. The summed E-state index contributed by atoms with van der Waals surface area (Å²) in [4.78, 5) is 14.3. The molecular formula is C25H20F4N2O3S. The third kappa shape index (κ3) is 3.90. The minimum atomic E-state index is -4.33. The van der Waals surface area contributed by atoms with Crippen LogP contribution in [0.25, 0.3) is 11.1 Å². The Balaban J connectivity index is 1.46. The summed E-state index contributed by atoms with van der Waals surface area (Å²) in [6.07, 6.45) is 0.998. The predicted molar refractivity (Wildman–Crippen MR) is 121 cm³/mol. The molecular weight excluding hydrogens is 484 g/mol. The van der Waals surface area contributed by atoms with Crippen molar-refractivity contribution in [1.29, 1.82) is 0 Å². The third-order valence-electron chi connectivity index (χ3n) is 6.71. The number of rotatable bonds is 3. The standard InChI is InChI=1S/C25H20F4N2O3S/c1-12-6-16-10-20(28)22(35(30,33)34)11-21(16)31(12)25(32)17-7-13-2-3-14(8-15(13)9-17)23-18(26)4-5-19(27)24(23)29/h2-5,8,10-12,17H,6-7,9H2,1H3,(H2,30,33,34)/t12-,17-/m1/s1. The van der Waals surface area contributed by atoms with Gasteiger partial charge < -0.3 is 4.90 Å². The van der Waals surface area contributed by atoms with Gasteiger partial charge >= 0.3 is 0 Å². The lowest BCUT2D eigenvalue weighted by atomic mass is 9.99. The van der Waals surface area contributed by atoms with Gasteiger partial charge in [0.05, 0.1) is 5.56 Å². The van der Waals surface area contributed by atoms with E-state index in [0.717, 1.165) is 29.8 Å². The van der Waals surface area contributed by atoms with Gasteiger partial charge in [-0.2, -0.15) is 0 Å². The van der Waals surface area contributed by atoms with E-state index >= 15 is 0 Å². The molecule has 0 unspecified atom stereocenters. The average molecular weight is 505 g/mol. The number of primary sulfonamides is 1. The van der Waals surface area contributed by atoms with Gasteiger partial charge in [0.15, 0.2) is 11.6 Å². The smallest absolute Gasteiger partial charge is 0.241 e. The van der Waals surface area contributed by atoms with E-state index in [0.29, 0.717) is 29.7 Å². The maximum Gasteiger partial charge on any atom is 0.241 e. The SMILES string of the molecule is C[C@@H]1Cc2cc(F)c(S(N)(=O)=O)cc2N1C(=O)[C@@H]1Cc2ccc(-c3c(F)ccc(F)c3F)cc2C1. The summed E-state index contributed by atoms with van der Waals surface area (Å²) in [6, 6.07) is 8.14. The summed E-state index contributed by atoms with van der Waals surface area (Å²) in [7, 11) is -4.33. The van der Waals surface area contributed by atoms with Crippen molar-refractivity contribution in [2.24, 2.45) is 11.1 Å². The van der Waals surface area contributed by atoms with Crippen LogP contribution < -0.4 is 10.0 Å². The number of halogens is 4. The zero-order valence-corrected chi connectivity index (χ0v) is 19.3. The first-order valence-corrected chi connectivity index (χ1v) is 12.4. The zero-order valence-electron chi connectivity index (χ0n) is 18.5. The van der Waals surface area contributed by atoms with Gasteiger partial charge in [0.25, 0.3) is 0 Å². The number of anilines is 1. The normalized spacial score (nSPS) is 19.1. The molecule has 0 aromatic heterocycles. The molecule has 1 amide bonds. The molecule has 182 valence electrons. The maximum atomic E-state index is 14.3. The number of fused-ring (bicyclic) bond motifs is 2. The largest absolute Gasteiger partial charge is 0.309 e. The van der Waals surface area contributed by atoms with E-state index in [9.17, 15) is 30.8 Å². The topological polar surface area (TPSA) is 80.5 Å². The Labute approximate surface area is 199 Å². The van der Waals surface area contributed by atoms with Crippen LogP contribution in [0.2, 0.25) is 0 Å². The number of nitrogens with zero attached hydrogens (tertiary/aromatic N) is 1. The van der Waals surface area contributed by atoms with E-state index in [1.54, 1.807) is 19.1 Å². The summed E-state index contributed by atoms with van der Waals surface area (Å²) in [5.74, 6) is -5.09. The van der Waals surface area contributed by atoms with Crippen LogP contribution in [-0.4, -0.2) is 20.4 Å². The van der Waals surface area contributed by atoms with E-state index in [-0.39, 0.29) is 23.9 Å². The van der Waals surface area contributed by atoms with Gasteiger partial charge in [-0.1, -0.05) is 18.2 Å². The first-order chi connectivity index (χ1) is 16.5. The van der Waals surface area contributed by atoms with Crippen LogP contribution in [0, 0.1) is 29.2 Å². The van der Waals surface area contributed by atoms with Crippen LogP contribution in [0.4, 0.5) is 23.2 Å². The molecule has 2 atom stereocenters. The first kappa shape index (κ1) is 23.5. The minimum absolute atomic E-state index is 0.166. The van der Waals surface area contributed by atoms with Gasteiger partial charge in [0, 0.05) is 17.6 Å². The van der Waals surface area contributed by atoms with Gasteiger partial charge in [0.1, 0.15) is 16.5 Å². The van der Waals surface area contributed by atoms with Crippen LogP contribution in [0.3, 0.4) is 0 Å². The van der Waals surface area contributed by atoms with Gasteiger partial charge in [-0.05, 0) is 72.7 Å². The molecule has 5 nitrogen and oxygen atoms in total. The second-order valence-corrected chi connectivity index (χ2v) is 10.6. The molecule has 3 aromatic rings. The minimum Gasteiger partial charge on any atom is -0.309 e. The van der Waals surface area contributed by atoms with Crippen LogP contribution in [-0.2, 0) is 34.1 Å². The molecule has 35 heavy (non-hydrogen) atoms. The van der Waals surface area contributed by atoms with Crippen LogP contribution in [0.15, 0.2) is 47.4 Å². The highest BCUT2D eigenvalue weighted by Crippen LogP contribution is 2.39. The Hall–Kier alpha value is -3.24. The number of benzene rings is 3. The number of carbonyl (C=O) groups is 1. The molecule has 1 heterocycles. The Morgan fingerprint density at radius 2 is 1.57 bits per heavy atom. The summed E-state index contributed by atoms with van der Waals surface area (Å²) < 4.78 is 80.1. The van der Waals surface area contributed by atoms with Gasteiger partial charge in [-0.25, -0.2) is 31.1 Å². The van der Waals surface area contributed by atoms with Crippen molar-refractivity contribution in [2.75, 3.05) is 4.90 Å². The average Bonchev–Trinajstić information content (AvgIpc) is 3.34. The molecule has 1 aliphatic heterocycles. The van der Waals surface area contributed by atoms with Crippen molar-refractivity contribution in [3.8, 4) is 11.1 Å². The number of hydrogen-bond donors (Lipinski definition) is 1. The highest BCUT2D eigenvalue weighted by atomic mass is 32.2. The van der Waals surface area contributed by atoms with Crippen LogP contribution in [0.5, 0.6) is 0 Å². The lowest BCUT2D eigenvalue weighted by Crippen LogP contribution is -2.40. The summed E-state index contributed by atoms with van der Waals surface area (Å²) in [5.41, 5.74) is 2.03. The van der Waals surface area contributed by atoms with Crippen LogP contribution >= 0.6 is 0 Å². The highest BCUT2D eigenvalue weighted by molar-refractivity contribution is 7.89. The monoisotopic (exact) mass is 504 g/mol. The van der Waals surface area contributed by atoms with Gasteiger partial charge in [0.2, 0.25) is 15.9 Å². The number of sulfonamides is 1. The molecule has 5 rings (SSSR count). The second kappa shape index (κ2) is 8.17. The highest BCUT2D eigenvalue weighted by Gasteiger charge is 2.38. The maximum absolute atomic E-state index is 14.3. The number of hydrogen-bond acceptors (Lipinski definition) is 3. The van der Waals surface area contributed by atoms with E-state index < -0.39 is 49.7 Å². The summed E-state index contributed by atoms with van der Waals surface area (Å²) >= 11 is 0. The molecule has 0 fully saturated rings. The number of amides is 1. The van der Waals surface area contributed by atoms with Crippen molar-refractivity contribution in [2.45, 2.75) is 37.1 Å². The second-order valence-electron chi connectivity index (χ2n) is 9.02. The van der Waals surface area contributed by atoms with Gasteiger partial charge in [-0.3, -0.25) is 4.79 Å². The van der Waals surface area contributed by atoms with Gasteiger partial charge in [-0.15, -0.1) is 0 Å².